The van der Waals surface area contributed by atoms with Crippen LogP contribution in [0.25, 0.3) is 0 Å². The average molecular weight is 357 g/mol. The number of halogens is 4. The van der Waals surface area contributed by atoms with Crippen molar-refractivity contribution in [1.82, 2.24) is 0 Å². The summed E-state index contributed by atoms with van der Waals surface area (Å²) < 4.78 is 65.7. The molecule has 2 atom stereocenters. The Labute approximate surface area is 131 Å². The van der Waals surface area contributed by atoms with E-state index < -0.39 is 38.7 Å². The number of hydrogen-bond acceptors (Lipinski definition) is 3. The summed E-state index contributed by atoms with van der Waals surface area (Å²) in [7, 11) is -4.00. The van der Waals surface area contributed by atoms with Gasteiger partial charge in [0.25, 0.3) is 0 Å². The Morgan fingerprint density at radius 1 is 1.23 bits per heavy atom. The fraction of sp³-hybridized carbons (Fsp3) is 0.538. The van der Waals surface area contributed by atoms with E-state index in [2.05, 4.69) is 0 Å². The van der Waals surface area contributed by atoms with Crippen LogP contribution in [-0.2, 0) is 16.2 Å². The van der Waals surface area contributed by atoms with Gasteiger partial charge in [0.05, 0.1) is 16.5 Å². The van der Waals surface area contributed by atoms with Gasteiger partial charge in [0, 0.05) is 11.1 Å². The first-order valence-electron chi connectivity index (χ1n) is 6.75. The van der Waals surface area contributed by atoms with Crippen molar-refractivity contribution in [2.45, 2.75) is 43.2 Å². The third-order valence-electron chi connectivity index (χ3n) is 3.69. The fourth-order valence-electron chi connectivity index (χ4n) is 2.58. The lowest BCUT2D eigenvalue weighted by atomic mass is 9.96. The van der Waals surface area contributed by atoms with Crippen LogP contribution >= 0.6 is 11.6 Å². The Balaban J connectivity index is 2.34. The van der Waals surface area contributed by atoms with Crippen LogP contribution in [0.5, 0.6) is 0 Å². The minimum atomic E-state index is -4.71. The molecule has 0 heterocycles. The van der Waals surface area contributed by atoms with E-state index in [1.165, 1.54) is 6.07 Å². The standard InChI is InChI=1S/C13H16ClF3N2O2S/c14-8-5-6-11(9(7-8)13(15,16)17)19-22(20,21)12-4-2-1-3-10(12)18/h5-7,10,12,19H,1-4,18H2. The summed E-state index contributed by atoms with van der Waals surface area (Å²) in [5.41, 5.74) is 4.15. The zero-order valence-electron chi connectivity index (χ0n) is 11.5. The van der Waals surface area contributed by atoms with Gasteiger partial charge in [-0.05, 0) is 31.0 Å². The number of nitrogens with one attached hydrogen (secondary N) is 1. The lowest BCUT2D eigenvalue weighted by molar-refractivity contribution is -0.136. The van der Waals surface area contributed by atoms with Crippen LogP contribution in [0.1, 0.15) is 31.2 Å². The number of alkyl halides is 3. The molecule has 0 bridgehead atoms. The molecule has 124 valence electrons. The molecule has 0 amide bonds. The molecular formula is C13H16ClF3N2O2S. The number of benzene rings is 1. The smallest absolute Gasteiger partial charge is 0.326 e. The highest BCUT2D eigenvalue weighted by Crippen LogP contribution is 2.37. The maximum atomic E-state index is 13.0. The summed E-state index contributed by atoms with van der Waals surface area (Å²) in [5.74, 6) is 0. The number of nitrogens with two attached hydrogens (primary N) is 1. The first kappa shape index (κ1) is 17.4. The summed E-state index contributed by atoms with van der Waals surface area (Å²) in [5, 5.41) is -1.01. The molecule has 0 spiro atoms. The fourth-order valence-corrected chi connectivity index (χ4v) is 4.46. The second-order valence-corrected chi connectivity index (χ2v) is 7.66. The highest BCUT2D eigenvalue weighted by Gasteiger charge is 2.38. The molecule has 0 radical (unpaired) electrons. The number of anilines is 1. The zero-order chi connectivity index (χ0) is 16.5. The second-order valence-electron chi connectivity index (χ2n) is 5.32. The van der Waals surface area contributed by atoms with E-state index in [0.717, 1.165) is 12.5 Å². The van der Waals surface area contributed by atoms with Gasteiger partial charge < -0.3 is 5.73 Å². The topological polar surface area (TPSA) is 72.2 Å². The van der Waals surface area contributed by atoms with Gasteiger partial charge in [-0.15, -0.1) is 0 Å². The van der Waals surface area contributed by atoms with Gasteiger partial charge in [0.2, 0.25) is 10.0 Å². The van der Waals surface area contributed by atoms with Crippen molar-refractivity contribution in [3.8, 4) is 0 Å². The van der Waals surface area contributed by atoms with Crippen LogP contribution in [0.4, 0.5) is 18.9 Å². The van der Waals surface area contributed by atoms with Crippen molar-refractivity contribution in [3.05, 3.63) is 28.8 Å². The lowest BCUT2D eigenvalue weighted by Gasteiger charge is -2.29. The average Bonchev–Trinajstić information content (AvgIpc) is 2.39. The molecule has 1 aromatic carbocycles. The molecule has 2 unspecified atom stereocenters. The molecule has 1 fully saturated rings. The molecule has 4 nitrogen and oxygen atoms in total. The van der Waals surface area contributed by atoms with E-state index in [0.29, 0.717) is 25.3 Å². The van der Waals surface area contributed by atoms with Crippen LogP contribution in [0, 0.1) is 0 Å². The Bertz CT molecular complexity index is 649. The van der Waals surface area contributed by atoms with Gasteiger partial charge in [-0.3, -0.25) is 4.72 Å². The summed E-state index contributed by atoms with van der Waals surface area (Å²) in [4.78, 5) is 0. The SMILES string of the molecule is NC1CCCCC1S(=O)(=O)Nc1ccc(Cl)cc1C(F)(F)F. The molecule has 1 saturated carbocycles. The van der Waals surface area contributed by atoms with E-state index in [4.69, 9.17) is 17.3 Å². The van der Waals surface area contributed by atoms with Crippen molar-refractivity contribution in [3.63, 3.8) is 0 Å². The number of rotatable bonds is 3. The molecule has 0 saturated heterocycles. The third-order valence-corrected chi connectivity index (χ3v) is 5.81. The van der Waals surface area contributed by atoms with Gasteiger partial charge in [-0.1, -0.05) is 24.4 Å². The van der Waals surface area contributed by atoms with E-state index in [1.54, 1.807) is 0 Å². The lowest BCUT2D eigenvalue weighted by Crippen LogP contribution is -2.45. The molecule has 22 heavy (non-hydrogen) atoms. The van der Waals surface area contributed by atoms with E-state index in [1.807, 2.05) is 4.72 Å². The molecule has 3 N–H and O–H groups in total. The van der Waals surface area contributed by atoms with Crippen LogP contribution in [-0.4, -0.2) is 19.7 Å². The Hall–Kier alpha value is -0.990. The minimum Gasteiger partial charge on any atom is -0.326 e. The Morgan fingerprint density at radius 3 is 2.45 bits per heavy atom. The van der Waals surface area contributed by atoms with Gasteiger partial charge in [0.15, 0.2) is 0 Å². The predicted molar refractivity (Wildman–Crippen MR) is 79.2 cm³/mol. The molecule has 0 aliphatic heterocycles. The quantitative estimate of drug-likeness (QED) is 0.872. The van der Waals surface area contributed by atoms with Crippen LogP contribution in [0.15, 0.2) is 18.2 Å². The number of sulfonamides is 1. The van der Waals surface area contributed by atoms with Gasteiger partial charge in [-0.2, -0.15) is 13.2 Å². The summed E-state index contributed by atoms with van der Waals surface area (Å²) in [6, 6.07) is 2.33. The highest BCUT2D eigenvalue weighted by atomic mass is 35.5. The maximum absolute atomic E-state index is 13.0. The van der Waals surface area contributed by atoms with Gasteiger partial charge >= 0.3 is 6.18 Å². The van der Waals surface area contributed by atoms with E-state index >= 15 is 0 Å². The van der Waals surface area contributed by atoms with E-state index in [-0.39, 0.29) is 5.02 Å². The van der Waals surface area contributed by atoms with Crippen LogP contribution < -0.4 is 10.5 Å². The maximum Gasteiger partial charge on any atom is 0.418 e. The van der Waals surface area contributed by atoms with Gasteiger partial charge in [-0.25, -0.2) is 8.42 Å². The summed E-state index contributed by atoms with van der Waals surface area (Å²) in [6.07, 6.45) is -2.32. The minimum absolute atomic E-state index is 0.121. The Morgan fingerprint density at radius 2 is 1.86 bits per heavy atom. The normalized spacial score (nSPS) is 23.3. The molecule has 1 aliphatic carbocycles. The van der Waals surface area contributed by atoms with Crippen molar-refractivity contribution in [2.24, 2.45) is 5.73 Å². The second kappa shape index (κ2) is 6.25. The van der Waals surface area contributed by atoms with E-state index in [9.17, 15) is 21.6 Å². The molecule has 1 aliphatic rings. The van der Waals surface area contributed by atoms with Crippen molar-refractivity contribution in [2.75, 3.05) is 4.72 Å². The van der Waals surface area contributed by atoms with Crippen LogP contribution in [0.3, 0.4) is 0 Å². The molecule has 2 rings (SSSR count). The highest BCUT2D eigenvalue weighted by molar-refractivity contribution is 7.93. The van der Waals surface area contributed by atoms with Crippen LogP contribution in [0.2, 0.25) is 5.02 Å². The molecule has 0 aromatic heterocycles. The molecule has 1 aromatic rings. The molecular weight excluding hydrogens is 341 g/mol. The van der Waals surface area contributed by atoms with Crippen molar-refractivity contribution < 1.29 is 21.6 Å². The van der Waals surface area contributed by atoms with Crippen molar-refractivity contribution in [1.29, 1.82) is 0 Å². The summed E-state index contributed by atoms with van der Waals surface area (Å²) in [6.45, 7) is 0. The predicted octanol–water partition coefficient (Wildman–Crippen LogP) is 3.37. The van der Waals surface area contributed by atoms with Crippen molar-refractivity contribution >= 4 is 27.3 Å². The first-order valence-corrected chi connectivity index (χ1v) is 8.67. The number of hydrogen-bond donors (Lipinski definition) is 2. The largest absolute Gasteiger partial charge is 0.418 e. The summed E-state index contributed by atoms with van der Waals surface area (Å²) >= 11 is 5.57. The zero-order valence-corrected chi connectivity index (χ0v) is 13.1. The molecule has 9 heteroatoms. The van der Waals surface area contributed by atoms with Gasteiger partial charge in [0.1, 0.15) is 0 Å². The monoisotopic (exact) mass is 356 g/mol. The Kier molecular flexibility index (Phi) is 4.93. The third kappa shape index (κ3) is 3.85. The first-order chi connectivity index (χ1) is 10.1.